The average Bonchev–Trinajstić information content (AvgIpc) is 2.34. The molecule has 1 aromatic heterocycles. The van der Waals surface area contributed by atoms with E-state index in [1.165, 1.54) is 0 Å². The number of carbonyl (C=O) groups excluding carboxylic acids is 1. The summed E-state index contributed by atoms with van der Waals surface area (Å²) in [4.78, 5) is 10.4. The van der Waals surface area contributed by atoms with Crippen molar-refractivity contribution >= 4 is 5.91 Å². The molecule has 1 amide bonds. The highest BCUT2D eigenvalue weighted by Gasteiger charge is 2.05. The smallest absolute Gasteiger partial charge is 0.270 e. The van der Waals surface area contributed by atoms with Gasteiger partial charge in [-0.15, -0.1) is 0 Å². The van der Waals surface area contributed by atoms with Gasteiger partial charge in [-0.05, 0) is 0 Å². The number of hydrogen-bond acceptors (Lipinski definition) is 3. The fourth-order valence-electron chi connectivity index (χ4n) is 0.596. The van der Waals surface area contributed by atoms with Crippen LogP contribution in [0.5, 0.6) is 0 Å². The van der Waals surface area contributed by atoms with Crippen molar-refractivity contribution in [3.8, 4) is 0 Å². The third kappa shape index (κ3) is 1.15. The molecule has 0 radical (unpaired) electrons. The SMILES string of the molecule is CCc1cc(C(N)=O)no1. The minimum atomic E-state index is -0.552. The second kappa shape index (κ2) is 2.51. The number of amides is 1. The lowest BCUT2D eigenvalue weighted by atomic mass is 10.3. The third-order valence-corrected chi connectivity index (χ3v) is 1.16. The second-order valence-corrected chi connectivity index (χ2v) is 1.90. The van der Waals surface area contributed by atoms with Crippen LogP contribution in [-0.4, -0.2) is 11.1 Å². The summed E-state index contributed by atoms with van der Waals surface area (Å²) in [6.07, 6.45) is 0.722. The Bertz CT molecular complexity index is 242. The zero-order valence-electron chi connectivity index (χ0n) is 5.63. The maximum Gasteiger partial charge on any atom is 0.270 e. The first-order chi connectivity index (χ1) is 4.74. The molecule has 0 atom stereocenters. The first-order valence-electron chi connectivity index (χ1n) is 2.99. The molecule has 0 aliphatic rings. The Morgan fingerprint density at radius 2 is 2.60 bits per heavy atom. The van der Waals surface area contributed by atoms with Crippen molar-refractivity contribution in [2.45, 2.75) is 13.3 Å². The molecule has 10 heavy (non-hydrogen) atoms. The molecular weight excluding hydrogens is 132 g/mol. The lowest BCUT2D eigenvalue weighted by molar-refractivity contribution is 0.0991. The molecule has 0 aliphatic carbocycles. The number of primary amides is 1. The van der Waals surface area contributed by atoms with Crippen LogP contribution in [0.3, 0.4) is 0 Å². The van der Waals surface area contributed by atoms with Gasteiger partial charge >= 0.3 is 0 Å². The van der Waals surface area contributed by atoms with Crippen LogP contribution in [-0.2, 0) is 6.42 Å². The molecule has 0 saturated heterocycles. The van der Waals surface area contributed by atoms with Crippen LogP contribution in [0.25, 0.3) is 0 Å². The lowest BCUT2D eigenvalue weighted by Gasteiger charge is -1.78. The number of rotatable bonds is 2. The summed E-state index contributed by atoms with van der Waals surface area (Å²) in [5, 5.41) is 3.44. The molecule has 4 heteroatoms. The topological polar surface area (TPSA) is 69.1 Å². The average molecular weight is 140 g/mol. The van der Waals surface area contributed by atoms with Gasteiger partial charge in [0, 0.05) is 12.5 Å². The molecule has 1 heterocycles. The molecule has 0 fully saturated rings. The number of hydrogen-bond donors (Lipinski definition) is 1. The zero-order chi connectivity index (χ0) is 7.56. The predicted octanol–water partition coefficient (Wildman–Crippen LogP) is 0.336. The van der Waals surface area contributed by atoms with E-state index in [4.69, 9.17) is 10.3 Å². The molecule has 0 bridgehead atoms. The van der Waals surface area contributed by atoms with Crippen LogP contribution < -0.4 is 5.73 Å². The van der Waals surface area contributed by atoms with Gasteiger partial charge in [0.2, 0.25) is 0 Å². The monoisotopic (exact) mass is 140 g/mol. The van der Waals surface area contributed by atoms with Crippen LogP contribution in [0.2, 0.25) is 0 Å². The summed E-state index contributed by atoms with van der Waals surface area (Å²) in [5.41, 5.74) is 5.11. The first-order valence-corrected chi connectivity index (χ1v) is 2.99. The Balaban J connectivity index is 2.88. The first kappa shape index (κ1) is 6.80. The highest BCUT2D eigenvalue weighted by molar-refractivity contribution is 5.90. The summed E-state index contributed by atoms with van der Waals surface area (Å²) in [6.45, 7) is 1.91. The van der Waals surface area contributed by atoms with Crippen molar-refractivity contribution in [1.29, 1.82) is 0 Å². The van der Waals surface area contributed by atoms with Gasteiger partial charge in [0.1, 0.15) is 5.76 Å². The van der Waals surface area contributed by atoms with Gasteiger partial charge in [-0.25, -0.2) is 0 Å². The van der Waals surface area contributed by atoms with Gasteiger partial charge in [0.25, 0.3) is 5.91 Å². The second-order valence-electron chi connectivity index (χ2n) is 1.90. The number of nitrogens with zero attached hydrogens (tertiary/aromatic N) is 1. The predicted molar refractivity (Wildman–Crippen MR) is 34.4 cm³/mol. The van der Waals surface area contributed by atoms with Crippen molar-refractivity contribution in [3.05, 3.63) is 17.5 Å². The Hall–Kier alpha value is -1.32. The number of nitrogens with two attached hydrogens (primary N) is 1. The Kier molecular flexibility index (Phi) is 1.71. The van der Waals surface area contributed by atoms with Gasteiger partial charge in [-0.2, -0.15) is 0 Å². The summed E-state index contributed by atoms with van der Waals surface area (Å²) in [6, 6.07) is 1.54. The van der Waals surface area contributed by atoms with E-state index >= 15 is 0 Å². The van der Waals surface area contributed by atoms with E-state index in [0.717, 1.165) is 6.42 Å². The summed E-state index contributed by atoms with van der Waals surface area (Å²) in [7, 11) is 0. The highest BCUT2D eigenvalue weighted by Crippen LogP contribution is 2.02. The van der Waals surface area contributed by atoms with E-state index in [9.17, 15) is 4.79 Å². The summed E-state index contributed by atoms with van der Waals surface area (Å²) in [5.74, 6) is 0.122. The van der Waals surface area contributed by atoms with E-state index < -0.39 is 5.91 Å². The van der Waals surface area contributed by atoms with Gasteiger partial charge in [0.15, 0.2) is 5.69 Å². The molecule has 0 aliphatic heterocycles. The normalized spacial score (nSPS) is 9.70. The van der Waals surface area contributed by atoms with Crippen molar-refractivity contribution in [1.82, 2.24) is 5.16 Å². The molecule has 0 saturated carbocycles. The quantitative estimate of drug-likeness (QED) is 0.643. The number of carbonyl (C=O) groups is 1. The Labute approximate surface area is 58.0 Å². The van der Waals surface area contributed by atoms with E-state index in [0.29, 0.717) is 5.76 Å². The zero-order valence-corrected chi connectivity index (χ0v) is 5.63. The van der Waals surface area contributed by atoms with Crippen molar-refractivity contribution < 1.29 is 9.32 Å². The minimum absolute atomic E-state index is 0.192. The molecule has 0 aromatic carbocycles. The molecule has 1 rings (SSSR count). The van der Waals surface area contributed by atoms with E-state index in [2.05, 4.69) is 5.16 Å². The molecule has 0 unspecified atom stereocenters. The molecule has 54 valence electrons. The van der Waals surface area contributed by atoms with Crippen molar-refractivity contribution in [2.75, 3.05) is 0 Å². The molecule has 0 spiro atoms. The van der Waals surface area contributed by atoms with Crippen LogP contribution in [0, 0.1) is 0 Å². The third-order valence-electron chi connectivity index (χ3n) is 1.16. The van der Waals surface area contributed by atoms with E-state index in [1.54, 1.807) is 6.07 Å². The van der Waals surface area contributed by atoms with Crippen LogP contribution in [0.15, 0.2) is 10.6 Å². The lowest BCUT2D eigenvalue weighted by Crippen LogP contribution is -2.10. The fourth-order valence-corrected chi connectivity index (χ4v) is 0.596. The largest absolute Gasteiger partial charge is 0.364 e. The standard InChI is InChI=1S/C6H8N2O2/c1-2-4-3-5(6(7)9)8-10-4/h3H,2H2,1H3,(H2,7,9). The van der Waals surface area contributed by atoms with Crippen molar-refractivity contribution in [3.63, 3.8) is 0 Å². The van der Waals surface area contributed by atoms with Crippen LogP contribution >= 0.6 is 0 Å². The summed E-state index contributed by atoms with van der Waals surface area (Å²) < 4.78 is 4.72. The maximum absolute atomic E-state index is 10.4. The fraction of sp³-hybridized carbons (Fsp3) is 0.333. The van der Waals surface area contributed by atoms with Gasteiger partial charge in [-0.3, -0.25) is 4.79 Å². The molecule has 2 N–H and O–H groups in total. The molecule has 1 aromatic rings. The van der Waals surface area contributed by atoms with Gasteiger partial charge in [-0.1, -0.05) is 12.1 Å². The Morgan fingerprint density at radius 1 is 1.90 bits per heavy atom. The number of aryl methyl sites for hydroxylation is 1. The van der Waals surface area contributed by atoms with E-state index in [-0.39, 0.29) is 5.69 Å². The number of aromatic nitrogens is 1. The molecular formula is C6H8N2O2. The molecule has 4 nitrogen and oxygen atoms in total. The van der Waals surface area contributed by atoms with Crippen LogP contribution in [0.1, 0.15) is 23.2 Å². The summed E-state index contributed by atoms with van der Waals surface area (Å²) >= 11 is 0. The van der Waals surface area contributed by atoms with E-state index in [1.807, 2.05) is 6.92 Å². The van der Waals surface area contributed by atoms with Crippen molar-refractivity contribution in [2.24, 2.45) is 5.73 Å². The van der Waals surface area contributed by atoms with Gasteiger partial charge < -0.3 is 10.3 Å². The maximum atomic E-state index is 10.4. The van der Waals surface area contributed by atoms with Gasteiger partial charge in [0.05, 0.1) is 0 Å². The highest BCUT2D eigenvalue weighted by atomic mass is 16.5. The Morgan fingerprint density at radius 3 is 2.90 bits per heavy atom. The van der Waals surface area contributed by atoms with Crippen LogP contribution in [0.4, 0.5) is 0 Å². The minimum Gasteiger partial charge on any atom is -0.364 e.